The summed E-state index contributed by atoms with van der Waals surface area (Å²) in [4.78, 5) is 8.59. The zero-order chi connectivity index (χ0) is 13.8. The molecule has 100 valence electrons. The predicted molar refractivity (Wildman–Crippen MR) is 80.2 cm³/mol. The number of hydrogen-bond donors (Lipinski definition) is 2. The molecule has 2 rings (SSSR count). The lowest BCUT2D eigenvalue weighted by Gasteiger charge is -2.13. The first kappa shape index (κ1) is 13.3. The van der Waals surface area contributed by atoms with Gasteiger partial charge in [-0.1, -0.05) is 13.0 Å². The van der Waals surface area contributed by atoms with Crippen LogP contribution < -0.4 is 10.6 Å². The lowest BCUT2D eigenvalue weighted by atomic mass is 10.1. The van der Waals surface area contributed by atoms with Crippen LogP contribution in [0.1, 0.15) is 23.6 Å². The molecule has 0 unspecified atom stereocenters. The molecule has 0 atom stereocenters. The molecule has 0 bridgehead atoms. The largest absolute Gasteiger partial charge is 0.373 e. The fourth-order valence-electron chi connectivity index (χ4n) is 2.25. The van der Waals surface area contributed by atoms with Gasteiger partial charge in [0, 0.05) is 18.3 Å². The van der Waals surface area contributed by atoms with Gasteiger partial charge in [0.1, 0.15) is 18.0 Å². The summed E-state index contributed by atoms with van der Waals surface area (Å²) in [7, 11) is 1.88. The SMILES string of the molecule is CCc1c(NC)ncnc1Nc1cc(C)cc(C)c1. The van der Waals surface area contributed by atoms with E-state index in [0.29, 0.717) is 0 Å². The zero-order valence-electron chi connectivity index (χ0n) is 11.9. The third-order valence-corrected chi connectivity index (χ3v) is 3.02. The Morgan fingerprint density at radius 1 is 1.00 bits per heavy atom. The molecule has 0 amide bonds. The molecule has 19 heavy (non-hydrogen) atoms. The lowest BCUT2D eigenvalue weighted by molar-refractivity contribution is 1.05. The Hall–Kier alpha value is -2.10. The van der Waals surface area contributed by atoms with Crippen molar-refractivity contribution in [1.82, 2.24) is 9.97 Å². The summed E-state index contributed by atoms with van der Waals surface area (Å²) in [5.41, 5.74) is 4.64. The topological polar surface area (TPSA) is 49.8 Å². The molecule has 4 nitrogen and oxygen atoms in total. The first-order valence-electron chi connectivity index (χ1n) is 6.51. The molecule has 0 radical (unpaired) electrons. The van der Waals surface area contributed by atoms with Gasteiger partial charge < -0.3 is 10.6 Å². The van der Waals surface area contributed by atoms with Crippen molar-refractivity contribution in [1.29, 1.82) is 0 Å². The fourth-order valence-corrected chi connectivity index (χ4v) is 2.25. The molecular weight excluding hydrogens is 236 g/mol. The van der Waals surface area contributed by atoms with Crippen molar-refractivity contribution in [2.45, 2.75) is 27.2 Å². The van der Waals surface area contributed by atoms with E-state index in [2.05, 4.69) is 59.6 Å². The lowest BCUT2D eigenvalue weighted by Crippen LogP contribution is -2.05. The van der Waals surface area contributed by atoms with Crippen LogP contribution in [-0.4, -0.2) is 17.0 Å². The van der Waals surface area contributed by atoms with E-state index in [1.54, 1.807) is 6.33 Å². The van der Waals surface area contributed by atoms with Crippen molar-refractivity contribution in [3.63, 3.8) is 0 Å². The fraction of sp³-hybridized carbons (Fsp3) is 0.333. The highest BCUT2D eigenvalue weighted by Crippen LogP contribution is 2.24. The quantitative estimate of drug-likeness (QED) is 0.879. The van der Waals surface area contributed by atoms with E-state index in [1.165, 1.54) is 11.1 Å². The van der Waals surface area contributed by atoms with Crippen LogP contribution in [0.5, 0.6) is 0 Å². The van der Waals surface area contributed by atoms with Gasteiger partial charge in [-0.2, -0.15) is 0 Å². The van der Waals surface area contributed by atoms with Crippen molar-refractivity contribution >= 4 is 17.3 Å². The van der Waals surface area contributed by atoms with Crippen molar-refractivity contribution in [3.05, 3.63) is 41.2 Å². The Bertz CT molecular complexity index is 558. The van der Waals surface area contributed by atoms with Crippen LogP contribution in [-0.2, 0) is 6.42 Å². The summed E-state index contributed by atoms with van der Waals surface area (Å²) in [6.07, 6.45) is 2.46. The Morgan fingerprint density at radius 2 is 1.63 bits per heavy atom. The second-order valence-electron chi connectivity index (χ2n) is 4.65. The van der Waals surface area contributed by atoms with Crippen LogP contribution >= 0.6 is 0 Å². The predicted octanol–water partition coefficient (Wildman–Crippen LogP) is 3.44. The van der Waals surface area contributed by atoms with E-state index in [4.69, 9.17) is 0 Å². The third kappa shape index (κ3) is 3.02. The van der Waals surface area contributed by atoms with Crippen LogP contribution in [0, 0.1) is 13.8 Å². The first-order chi connectivity index (χ1) is 9.13. The maximum absolute atomic E-state index is 4.35. The number of hydrogen-bond acceptors (Lipinski definition) is 4. The van der Waals surface area contributed by atoms with Gasteiger partial charge >= 0.3 is 0 Å². The molecule has 0 fully saturated rings. The van der Waals surface area contributed by atoms with Gasteiger partial charge in [-0.15, -0.1) is 0 Å². The van der Waals surface area contributed by atoms with E-state index < -0.39 is 0 Å². The smallest absolute Gasteiger partial charge is 0.139 e. The van der Waals surface area contributed by atoms with E-state index in [0.717, 1.165) is 29.3 Å². The van der Waals surface area contributed by atoms with Gasteiger partial charge in [-0.25, -0.2) is 9.97 Å². The maximum atomic E-state index is 4.35. The van der Waals surface area contributed by atoms with Crippen molar-refractivity contribution in [2.75, 3.05) is 17.7 Å². The van der Waals surface area contributed by atoms with Crippen LogP contribution in [0.15, 0.2) is 24.5 Å². The Balaban J connectivity index is 2.37. The van der Waals surface area contributed by atoms with Gasteiger partial charge in [0.05, 0.1) is 0 Å². The highest BCUT2D eigenvalue weighted by molar-refractivity contribution is 5.65. The number of nitrogens with one attached hydrogen (secondary N) is 2. The molecule has 0 saturated carbocycles. The van der Waals surface area contributed by atoms with Crippen LogP contribution in [0.25, 0.3) is 0 Å². The molecule has 0 aliphatic carbocycles. The second-order valence-corrected chi connectivity index (χ2v) is 4.65. The number of anilines is 3. The van der Waals surface area contributed by atoms with E-state index in [-0.39, 0.29) is 0 Å². The highest BCUT2D eigenvalue weighted by Gasteiger charge is 2.09. The van der Waals surface area contributed by atoms with E-state index in [9.17, 15) is 0 Å². The van der Waals surface area contributed by atoms with Crippen molar-refractivity contribution < 1.29 is 0 Å². The van der Waals surface area contributed by atoms with Gasteiger partial charge in [0.2, 0.25) is 0 Å². The summed E-state index contributed by atoms with van der Waals surface area (Å²) in [6, 6.07) is 6.39. The molecule has 0 aliphatic heterocycles. The summed E-state index contributed by atoms with van der Waals surface area (Å²) >= 11 is 0. The minimum atomic E-state index is 0.867. The van der Waals surface area contributed by atoms with Crippen molar-refractivity contribution in [2.24, 2.45) is 0 Å². The van der Waals surface area contributed by atoms with Gasteiger partial charge in [0.15, 0.2) is 0 Å². The van der Waals surface area contributed by atoms with Gasteiger partial charge in [0.25, 0.3) is 0 Å². The molecule has 0 saturated heterocycles. The van der Waals surface area contributed by atoms with Gasteiger partial charge in [-0.3, -0.25) is 0 Å². The summed E-state index contributed by atoms with van der Waals surface area (Å²) in [6.45, 7) is 6.29. The van der Waals surface area contributed by atoms with Crippen LogP contribution in [0.4, 0.5) is 17.3 Å². The normalized spacial score (nSPS) is 10.3. The molecule has 0 aliphatic rings. The number of aromatic nitrogens is 2. The monoisotopic (exact) mass is 256 g/mol. The van der Waals surface area contributed by atoms with Crippen molar-refractivity contribution in [3.8, 4) is 0 Å². The first-order valence-corrected chi connectivity index (χ1v) is 6.51. The zero-order valence-corrected chi connectivity index (χ0v) is 11.9. The second kappa shape index (κ2) is 5.69. The van der Waals surface area contributed by atoms with Crippen LogP contribution in [0.3, 0.4) is 0 Å². The molecule has 1 heterocycles. The Morgan fingerprint density at radius 3 is 2.21 bits per heavy atom. The minimum Gasteiger partial charge on any atom is -0.373 e. The maximum Gasteiger partial charge on any atom is 0.139 e. The van der Waals surface area contributed by atoms with Crippen LogP contribution in [0.2, 0.25) is 0 Å². The third-order valence-electron chi connectivity index (χ3n) is 3.02. The Kier molecular flexibility index (Phi) is 4.00. The number of rotatable bonds is 4. The molecule has 2 N–H and O–H groups in total. The molecular formula is C15H20N4. The van der Waals surface area contributed by atoms with E-state index in [1.807, 2.05) is 7.05 Å². The molecule has 1 aromatic heterocycles. The molecule has 4 heteroatoms. The standard InChI is InChI=1S/C15H20N4/c1-5-13-14(16-4)17-9-18-15(13)19-12-7-10(2)6-11(3)8-12/h6-9H,5H2,1-4H3,(H2,16,17,18,19). The highest BCUT2D eigenvalue weighted by atomic mass is 15.1. The number of nitrogens with zero attached hydrogens (tertiary/aromatic N) is 2. The molecule has 2 aromatic rings. The number of aryl methyl sites for hydroxylation is 2. The molecule has 1 aromatic carbocycles. The minimum absolute atomic E-state index is 0.867. The Labute approximate surface area is 114 Å². The van der Waals surface area contributed by atoms with Gasteiger partial charge in [-0.05, 0) is 43.5 Å². The summed E-state index contributed by atoms with van der Waals surface area (Å²) in [5, 5.41) is 6.49. The molecule has 0 spiro atoms. The number of benzene rings is 1. The van der Waals surface area contributed by atoms with E-state index >= 15 is 0 Å². The average Bonchev–Trinajstić information content (AvgIpc) is 2.37. The summed E-state index contributed by atoms with van der Waals surface area (Å²) < 4.78 is 0. The summed E-state index contributed by atoms with van der Waals surface area (Å²) in [5.74, 6) is 1.75. The average molecular weight is 256 g/mol.